The second kappa shape index (κ2) is 32.2. The van der Waals surface area contributed by atoms with Crippen molar-refractivity contribution in [2.45, 2.75) is 84.1 Å². The van der Waals surface area contributed by atoms with Crippen molar-refractivity contribution >= 4 is 96.3 Å². The summed E-state index contributed by atoms with van der Waals surface area (Å²) in [5.41, 5.74) is 9.40. The van der Waals surface area contributed by atoms with Crippen LogP contribution in [0.2, 0.25) is 0 Å². The van der Waals surface area contributed by atoms with Crippen molar-refractivity contribution in [2.24, 2.45) is 17.6 Å². The van der Waals surface area contributed by atoms with Gasteiger partial charge in [-0.1, -0.05) is 66.2 Å². The van der Waals surface area contributed by atoms with E-state index in [4.69, 9.17) is 24.7 Å². The third kappa shape index (κ3) is 18.4. The first-order valence-electron chi connectivity index (χ1n) is 29.0. The molecule has 0 radical (unpaired) electrons. The number of Topliss-reactive ketones (excluding diaryl/α,β-unsaturated/α-hetero) is 2. The predicted octanol–water partition coefficient (Wildman–Crippen LogP) is 7.48. The minimum atomic E-state index is -0.916. The van der Waals surface area contributed by atoms with Gasteiger partial charge in [0.05, 0.1) is 44.8 Å². The summed E-state index contributed by atoms with van der Waals surface area (Å²) >= 11 is 3.69. The van der Waals surface area contributed by atoms with E-state index in [2.05, 4.69) is 47.1 Å². The van der Waals surface area contributed by atoms with Gasteiger partial charge in [0, 0.05) is 129 Å². The highest BCUT2D eigenvalue weighted by atomic mass is 79.9. The number of ketones is 2. The lowest BCUT2D eigenvalue weighted by molar-refractivity contribution is -0.131. The number of fused-ring (bicyclic) bond motifs is 4. The molecule has 2 aliphatic heterocycles. The van der Waals surface area contributed by atoms with Crippen LogP contribution in [-0.4, -0.2) is 166 Å². The number of nitrogens with one attached hydrogen (secondary N) is 5. The average Bonchev–Trinajstić information content (AvgIpc) is 2.01. The van der Waals surface area contributed by atoms with E-state index >= 15 is 0 Å². The lowest BCUT2D eigenvalue weighted by atomic mass is 9.89. The number of rotatable bonds is 32. The first-order valence-corrected chi connectivity index (χ1v) is 30.1. The van der Waals surface area contributed by atoms with E-state index in [9.17, 15) is 38.4 Å². The van der Waals surface area contributed by atoms with Crippen LogP contribution in [0.25, 0.3) is 21.7 Å². The van der Waals surface area contributed by atoms with Gasteiger partial charge in [-0.25, -0.2) is 9.59 Å². The molecule has 0 bridgehead atoms. The molecule has 7 amide bonds. The fraction of sp³-hybridized carbons (Fsp3) is 0.484. The molecule has 5 aromatic rings. The SMILES string of the molecule is CCOCCOCCOCCC(=O)CCCNC(=O)CCC(C(=O)NC(CCCNC(N)=O)C(=O)Cc1ccc(C(=O)Nc2ccc3[nH]c(C(=O)N4C[C@@H](CBr)c5c4cc(OC(=O)N4CCN(C)CC4)c4ccccc54)cc3c2)cc1)C(C)C. The van der Waals surface area contributed by atoms with Crippen molar-refractivity contribution in [3.05, 3.63) is 101 Å². The quantitative estimate of drug-likeness (QED) is 0.0180. The summed E-state index contributed by atoms with van der Waals surface area (Å²) in [6.07, 6.45) is 1.42. The van der Waals surface area contributed by atoms with Gasteiger partial charge in [-0.3, -0.25) is 28.8 Å². The zero-order valence-corrected chi connectivity index (χ0v) is 50.2. The molecule has 22 heteroatoms. The maximum atomic E-state index is 14.5. The summed E-state index contributed by atoms with van der Waals surface area (Å²) in [6.45, 7) is 11.9. The minimum Gasteiger partial charge on any atom is -0.409 e. The average molecular weight is 1220 g/mol. The molecule has 1 saturated heterocycles. The van der Waals surface area contributed by atoms with Gasteiger partial charge in [-0.15, -0.1) is 0 Å². The number of hydrogen-bond donors (Lipinski definition) is 6. The molecule has 1 aromatic heterocycles. The number of hydrogen-bond acceptors (Lipinski definition) is 13. The van der Waals surface area contributed by atoms with Gasteiger partial charge in [-0.2, -0.15) is 0 Å². The second-order valence-electron chi connectivity index (χ2n) is 21.6. The van der Waals surface area contributed by atoms with Gasteiger partial charge in [-0.05, 0) is 98.5 Å². The molecule has 2 aliphatic rings. The predicted molar refractivity (Wildman–Crippen MR) is 325 cm³/mol. The number of carbonyl (C=O) groups excluding carboxylic acids is 8. The number of piperazine rings is 1. The highest BCUT2D eigenvalue weighted by Crippen LogP contribution is 2.46. The molecule has 7 rings (SSSR count). The van der Waals surface area contributed by atoms with Crippen molar-refractivity contribution in [1.82, 2.24) is 30.7 Å². The number of aromatic amines is 1. The zero-order valence-electron chi connectivity index (χ0n) is 48.6. The molecular formula is C62H80BrN9O12. The lowest BCUT2D eigenvalue weighted by Crippen LogP contribution is -2.48. The Hall–Kier alpha value is -7.24. The Bertz CT molecular complexity index is 3090. The van der Waals surface area contributed by atoms with Crippen molar-refractivity contribution in [3.8, 4) is 5.75 Å². The number of ether oxygens (including phenoxy) is 4. The number of anilines is 2. The largest absolute Gasteiger partial charge is 0.415 e. The number of amides is 7. The number of likely N-dealkylation sites (N-methyl/N-ethyl adjacent to an activating group) is 1. The summed E-state index contributed by atoms with van der Waals surface area (Å²) in [7, 11) is 2.02. The molecule has 0 aliphatic carbocycles. The van der Waals surface area contributed by atoms with Gasteiger partial charge < -0.3 is 65.6 Å². The molecule has 2 unspecified atom stereocenters. The van der Waals surface area contributed by atoms with E-state index in [0.29, 0.717) is 135 Å². The van der Waals surface area contributed by atoms with E-state index < -0.39 is 30.0 Å². The van der Waals surface area contributed by atoms with Gasteiger partial charge in [0.1, 0.15) is 17.2 Å². The van der Waals surface area contributed by atoms with Crippen LogP contribution in [0.5, 0.6) is 5.75 Å². The Balaban J connectivity index is 0.914. The van der Waals surface area contributed by atoms with Crippen molar-refractivity contribution < 1.29 is 57.3 Å². The third-order valence-electron chi connectivity index (χ3n) is 15.1. The van der Waals surface area contributed by atoms with E-state index in [1.165, 1.54) is 0 Å². The van der Waals surface area contributed by atoms with Crippen molar-refractivity contribution in [1.29, 1.82) is 0 Å². The maximum absolute atomic E-state index is 14.5. The number of carbonyl (C=O) groups is 8. The summed E-state index contributed by atoms with van der Waals surface area (Å²) in [6, 6.07) is 21.6. The Morgan fingerprint density at radius 2 is 1.48 bits per heavy atom. The highest BCUT2D eigenvalue weighted by molar-refractivity contribution is 9.09. The second-order valence-corrected chi connectivity index (χ2v) is 22.3. The number of nitrogens with zero attached hydrogens (tertiary/aromatic N) is 3. The van der Waals surface area contributed by atoms with Gasteiger partial charge in [0.15, 0.2) is 5.78 Å². The first kappa shape index (κ1) is 64.3. The van der Waals surface area contributed by atoms with Gasteiger partial charge in [0.2, 0.25) is 11.8 Å². The molecule has 21 nitrogen and oxygen atoms in total. The minimum absolute atomic E-state index is 0.0264. The van der Waals surface area contributed by atoms with Crippen LogP contribution in [0.4, 0.5) is 21.0 Å². The molecule has 84 heavy (non-hydrogen) atoms. The lowest BCUT2D eigenvalue weighted by Gasteiger charge is -2.31. The van der Waals surface area contributed by atoms with Gasteiger partial charge in [0.25, 0.3) is 11.8 Å². The summed E-state index contributed by atoms with van der Waals surface area (Å²) < 4.78 is 22.2. The maximum Gasteiger partial charge on any atom is 0.415 e. The van der Waals surface area contributed by atoms with E-state index in [1.54, 1.807) is 64.4 Å². The zero-order chi connectivity index (χ0) is 60.1. The van der Waals surface area contributed by atoms with Crippen LogP contribution in [0.3, 0.4) is 0 Å². The van der Waals surface area contributed by atoms with Crippen LogP contribution < -0.4 is 36.6 Å². The van der Waals surface area contributed by atoms with Crippen LogP contribution in [-0.2, 0) is 39.8 Å². The number of H-pyrrole nitrogens is 1. The van der Waals surface area contributed by atoms with Crippen molar-refractivity contribution in [3.63, 3.8) is 0 Å². The van der Waals surface area contributed by atoms with Crippen LogP contribution >= 0.6 is 15.9 Å². The number of aromatic nitrogens is 1. The normalized spacial score (nSPS) is 15.0. The molecule has 0 saturated carbocycles. The summed E-state index contributed by atoms with van der Waals surface area (Å²) in [5.74, 6) is -1.91. The van der Waals surface area contributed by atoms with Gasteiger partial charge >= 0.3 is 12.1 Å². The number of primary amides is 1. The number of urea groups is 1. The number of alkyl halides is 1. The number of halogens is 1. The smallest absolute Gasteiger partial charge is 0.409 e. The third-order valence-corrected chi connectivity index (χ3v) is 15.9. The Labute approximate surface area is 498 Å². The van der Waals surface area contributed by atoms with Crippen LogP contribution in [0.15, 0.2) is 78.9 Å². The van der Waals surface area contributed by atoms with E-state index in [1.807, 2.05) is 52.1 Å². The Morgan fingerprint density at radius 1 is 0.774 bits per heavy atom. The molecule has 452 valence electrons. The molecule has 4 aromatic carbocycles. The molecular weight excluding hydrogens is 1140 g/mol. The topological polar surface area (TPSA) is 273 Å². The fourth-order valence-corrected chi connectivity index (χ4v) is 10.9. The highest BCUT2D eigenvalue weighted by Gasteiger charge is 2.36. The first-order chi connectivity index (χ1) is 40.5. The van der Waals surface area contributed by atoms with Crippen LogP contribution in [0.1, 0.15) is 104 Å². The fourth-order valence-electron chi connectivity index (χ4n) is 10.4. The number of nitrogens with two attached hydrogens (primary N) is 1. The Kier molecular flexibility index (Phi) is 24.6. The van der Waals surface area contributed by atoms with E-state index in [-0.39, 0.29) is 79.8 Å². The molecule has 0 spiro atoms. The monoisotopic (exact) mass is 1220 g/mol. The standard InChI is InChI=1S/C62H80BrN9O12/c1-5-81-30-31-83-33-32-82-29-22-46(73)10-8-23-65-56(75)21-19-47(40(2)3)59(77)69-51(13-9-24-66-61(64)79)54(74)34-41-14-16-42(17-15-41)58(76)67-45-18-20-50-43(35-45)36-52(68-50)60(78)72-39-44(38-63)57-49-12-7-6-11-48(49)55(37-53(57)72)84-62(80)71-27-25-70(4)26-28-71/h6-7,11-12,14-18,20,35-37,40,44,47,51,68H,5,8-10,13,19,21-34,38-39H2,1-4H3,(H,65,75)(H,67,76)(H,69,77)(H3,64,66,79)/t44-,47?,51?/m1/s1. The van der Waals surface area contributed by atoms with E-state index in [0.717, 1.165) is 29.4 Å². The molecule has 3 atom stereocenters. The molecule has 7 N–H and O–H groups in total. The summed E-state index contributed by atoms with van der Waals surface area (Å²) in [5, 5.41) is 14.2. The summed E-state index contributed by atoms with van der Waals surface area (Å²) in [4.78, 5) is 115. The number of benzene rings is 4. The Morgan fingerprint density at radius 3 is 2.18 bits per heavy atom. The van der Waals surface area contributed by atoms with Crippen molar-refractivity contribution in [2.75, 3.05) is 108 Å². The molecule has 3 heterocycles. The van der Waals surface area contributed by atoms with Crippen LogP contribution in [0, 0.1) is 11.8 Å². The molecule has 1 fully saturated rings.